The summed E-state index contributed by atoms with van der Waals surface area (Å²) in [4.78, 5) is 25.9. The molecular formula is C23H24F4N4O2. The van der Waals surface area contributed by atoms with Crippen LogP contribution in [0.25, 0.3) is 0 Å². The highest BCUT2D eigenvalue weighted by molar-refractivity contribution is 5.79. The maximum Gasteiger partial charge on any atom is 0.419 e. The third kappa shape index (κ3) is 5.74. The minimum absolute atomic E-state index is 0.0736. The van der Waals surface area contributed by atoms with Crippen LogP contribution in [0.2, 0.25) is 0 Å². The number of nitrogens with one attached hydrogen (secondary N) is 3. The lowest BCUT2D eigenvalue weighted by molar-refractivity contribution is -0.140. The summed E-state index contributed by atoms with van der Waals surface area (Å²) in [6.07, 6.45) is -2.03. The number of hydrogen-bond acceptors (Lipinski definition) is 3. The van der Waals surface area contributed by atoms with E-state index in [4.69, 9.17) is 0 Å². The fraction of sp³-hybridized carbons (Fsp3) is 0.391. The van der Waals surface area contributed by atoms with Gasteiger partial charge >= 0.3 is 12.2 Å². The second-order valence-electron chi connectivity index (χ2n) is 8.25. The Balaban J connectivity index is 1.36. The number of alkyl halides is 3. The molecule has 0 aromatic heterocycles. The van der Waals surface area contributed by atoms with Crippen LogP contribution in [0.3, 0.4) is 0 Å². The Hall–Kier alpha value is -3.30. The van der Waals surface area contributed by atoms with Crippen LogP contribution < -0.4 is 16.0 Å². The topological polar surface area (TPSA) is 73.5 Å². The quantitative estimate of drug-likeness (QED) is 0.558. The van der Waals surface area contributed by atoms with Crippen molar-refractivity contribution in [2.75, 3.05) is 18.4 Å². The van der Waals surface area contributed by atoms with E-state index in [1.54, 1.807) is 17.0 Å². The van der Waals surface area contributed by atoms with E-state index in [1.165, 1.54) is 6.07 Å². The van der Waals surface area contributed by atoms with Gasteiger partial charge in [-0.3, -0.25) is 4.79 Å². The standard InChI is InChI=1S/C23H24F4N4O2/c24-19-12-16(6-7-18(19)23(25,26)27)29-20-3-1-2-14-13-31(11-9-17(14)20)21(32)8-10-28-22(33)30-15-4-5-15/h1-3,6-7,12,15,29H,4-5,8-11,13H2,(H2,28,30,33). The van der Waals surface area contributed by atoms with Crippen LogP contribution in [-0.2, 0) is 23.9 Å². The monoisotopic (exact) mass is 464 g/mol. The number of carbonyl (C=O) groups is 2. The number of halogens is 4. The summed E-state index contributed by atoms with van der Waals surface area (Å²) in [5, 5.41) is 8.49. The molecule has 2 aromatic rings. The molecule has 0 atom stereocenters. The number of benzene rings is 2. The molecule has 33 heavy (non-hydrogen) atoms. The van der Waals surface area contributed by atoms with Crippen LogP contribution in [0, 0.1) is 5.82 Å². The first kappa shape index (κ1) is 22.9. The van der Waals surface area contributed by atoms with Crippen molar-refractivity contribution in [1.82, 2.24) is 15.5 Å². The molecule has 2 aromatic carbocycles. The molecule has 1 saturated carbocycles. The average Bonchev–Trinajstić information content (AvgIpc) is 3.56. The molecule has 1 fully saturated rings. The van der Waals surface area contributed by atoms with Gasteiger partial charge in [-0.1, -0.05) is 12.1 Å². The van der Waals surface area contributed by atoms with E-state index in [0.717, 1.165) is 30.0 Å². The Morgan fingerprint density at radius 2 is 1.91 bits per heavy atom. The summed E-state index contributed by atoms with van der Waals surface area (Å²) in [5.74, 6) is -1.41. The van der Waals surface area contributed by atoms with Crippen molar-refractivity contribution in [1.29, 1.82) is 0 Å². The number of amides is 3. The lowest BCUT2D eigenvalue weighted by atomic mass is 9.97. The van der Waals surface area contributed by atoms with E-state index in [-0.39, 0.29) is 36.6 Å². The molecule has 6 nitrogen and oxygen atoms in total. The van der Waals surface area contributed by atoms with Gasteiger partial charge in [0.25, 0.3) is 0 Å². The Labute approximate surface area is 188 Å². The lowest BCUT2D eigenvalue weighted by Gasteiger charge is -2.30. The summed E-state index contributed by atoms with van der Waals surface area (Å²) >= 11 is 0. The van der Waals surface area contributed by atoms with E-state index in [1.807, 2.05) is 6.07 Å². The molecule has 1 aliphatic carbocycles. The fourth-order valence-electron chi connectivity index (χ4n) is 3.82. The van der Waals surface area contributed by atoms with Crippen LogP contribution in [-0.4, -0.2) is 36.0 Å². The van der Waals surface area contributed by atoms with E-state index >= 15 is 0 Å². The van der Waals surface area contributed by atoms with Gasteiger partial charge in [0.1, 0.15) is 5.82 Å². The average molecular weight is 464 g/mol. The number of rotatable bonds is 6. The Morgan fingerprint density at radius 3 is 2.61 bits per heavy atom. The maximum atomic E-state index is 13.9. The molecule has 10 heteroatoms. The van der Waals surface area contributed by atoms with Crippen molar-refractivity contribution >= 4 is 23.3 Å². The second kappa shape index (κ2) is 9.29. The highest BCUT2D eigenvalue weighted by atomic mass is 19.4. The van der Waals surface area contributed by atoms with Crippen molar-refractivity contribution in [2.45, 2.75) is 44.4 Å². The van der Waals surface area contributed by atoms with Crippen molar-refractivity contribution in [3.8, 4) is 0 Å². The summed E-state index contributed by atoms with van der Waals surface area (Å²) in [6, 6.07) is 8.16. The molecule has 2 aliphatic rings. The van der Waals surface area contributed by atoms with Crippen LogP contribution in [0.4, 0.5) is 33.7 Å². The Morgan fingerprint density at radius 1 is 1.12 bits per heavy atom. The van der Waals surface area contributed by atoms with E-state index in [9.17, 15) is 27.2 Å². The molecule has 3 amide bonds. The van der Waals surface area contributed by atoms with Gasteiger partial charge in [0.05, 0.1) is 5.56 Å². The number of fused-ring (bicyclic) bond motifs is 1. The lowest BCUT2D eigenvalue weighted by Crippen LogP contribution is -2.41. The molecule has 0 bridgehead atoms. The van der Waals surface area contributed by atoms with Gasteiger partial charge in [-0.05, 0) is 54.7 Å². The molecule has 0 radical (unpaired) electrons. The van der Waals surface area contributed by atoms with Crippen molar-refractivity contribution in [3.63, 3.8) is 0 Å². The maximum absolute atomic E-state index is 13.9. The zero-order chi connectivity index (χ0) is 23.6. The van der Waals surface area contributed by atoms with E-state index < -0.39 is 17.6 Å². The first-order valence-corrected chi connectivity index (χ1v) is 10.8. The molecule has 0 unspecified atom stereocenters. The molecule has 4 rings (SSSR count). The third-order valence-electron chi connectivity index (χ3n) is 5.71. The normalized spacial score (nSPS) is 15.6. The SMILES string of the molecule is O=C(NCCC(=O)N1CCc2c(cccc2Nc2ccc(C(F)(F)F)c(F)c2)C1)NC1CC1. The molecule has 0 spiro atoms. The van der Waals surface area contributed by atoms with Crippen LogP contribution in [0.1, 0.15) is 36.0 Å². The van der Waals surface area contributed by atoms with Gasteiger partial charge in [0.15, 0.2) is 0 Å². The molecule has 1 aliphatic heterocycles. The number of carbonyl (C=O) groups excluding carboxylic acids is 2. The largest absolute Gasteiger partial charge is 0.419 e. The minimum atomic E-state index is -4.75. The number of hydrogen-bond donors (Lipinski definition) is 3. The zero-order valence-electron chi connectivity index (χ0n) is 17.8. The van der Waals surface area contributed by atoms with Crippen molar-refractivity contribution in [3.05, 3.63) is 58.9 Å². The smallest absolute Gasteiger partial charge is 0.355 e. The summed E-state index contributed by atoms with van der Waals surface area (Å²) in [6.45, 7) is 1.11. The van der Waals surface area contributed by atoms with Gasteiger partial charge in [0.2, 0.25) is 5.91 Å². The third-order valence-corrected chi connectivity index (χ3v) is 5.71. The molecule has 0 saturated heterocycles. The Bertz CT molecular complexity index is 1050. The van der Waals surface area contributed by atoms with Gasteiger partial charge in [-0.15, -0.1) is 0 Å². The van der Waals surface area contributed by atoms with Gasteiger partial charge in [-0.25, -0.2) is 9.18 Å². The van der Waals surface area contributed by atoms with Crippen LogP contribution in [0.15, 0.2) is 36.4 Å². The van der Waals surface area contributed by atoms with E-state index in [2.05, 4.69) is 16.0 Å². The predicted octanol–water partition coefficient (Wildman–Crippen LogP) is 4.32. The van der Waals surface area contributed by atoms with Gasteiger partial charge < -0.3 is 20.9 Å². The van der Waals surface area contributed by atoms with Crippen molar-refractivity contribution in [2.24, 2.45) is 0 Å². The van der Waals surface area contributed by atoms with Crippen molar-refractivity contribution < 1.29 is 27.2 Å². The second-order valence-corrected chi connectivity index (χ2v) is 8.25. The van der Waals surface area contributed by atoms with Crippen LogP contribution in [0.5, 0.6) is 0 Å². The summed E-state index contributed by atoms with van der Waals surface area (Å²) in [5.41, 5.74) is 1.41. The molecule has 3 N–H and O–H groups in total. The number of urea groups is 1. The van der Waals surface area contributed by atoms with Gasteiger partial charge in [0, 0.05) is 43.5 Å². The highest BCUT2D eigenvalue weighted by Gasteiger charge is 2.34. The summed E-state index contributed by atoms with van der Waals surface area (Å²) in [7, 11) is 0. The first-order chi connectivity index (χ1) is 15.7. The Kier molecular flexibility index (Phi) is 6.44. The van der Waals surface area contributed by atoms with E-state index in [0.29, 0.717) is 31.3 Å². The summed E-state index contributed by atoms with van der Waals surface area (Å²) < 4.78 is 52.3. The zero-order valence-corrected chi connectivity index (χ0v) is 17.8. The minimum Gasteiger partial charge on any atom is -0.355 e. The first-order valence-electron chi connectivity index (χ1n) is 10.8. The highest BCUT2D eigenvalue weighted by Crippen LogP contribution is 2.34. The molecule has 176 valence electrons. The fourth-order valence-corrected chi connectivity index (χ4v) is 3.82. The molecular weight excluding hydrogens is 440 g/mol. The number of anilines is 2. The molecule has 1 heterocycles. The van der Waals surface area contributed by atoms with Crippen LogP contribution >= 0.6 is 0 Å². The van der Waals surface area contributed by atoms with Gasteiger partial charge in [-0.2, -0.15) is 13.2 Å². The number of nitrogens with zero attached hydrogens (tertiary/aromatic N) is 1. The predicted molar refractivity (Wildman–Crippen MR) is 114 cm³/mol.